The summed E-state index contributed by atoms with van der Waals surface area (Å²) in [4.78, 5) is 26.9. The first-order valence-electron chi connectivity index (χ1n) is 7.36. The number of para-hydroxylation sites is 1. The molecule has 5 heteroatoms. The van der Waals surface area contributed by atoms with E-state index >= 15 is 0 Å². The van der Waals surface area contributed by atoms with Crippen molar-refractivity contribution in [3.05, 3.63) is 29.8 Å². The fourth-order valence-electron chi connectivity index (χ4n) is 2.91. The van der Waals surface area contributed by atoms with Gasteiger partial charge in [0.25, 0.3) is 0 Å². The van der Waals surface area contributed by atoms with Crippen LogP contribution in [0.4, 0.5) is 5.69 Å². The lowest BCUT2D eigenvalue weighted by molar-refractivity contribution is -0.135. The molecular formula is C16H20N2O3. The minimum absolute atomic E-state index is 0.0534. The van der Waals surface area contributed by atoms with E-state index in [2.05, 4.69) is 5.32 Å². The van der Waals surface area contributed by atoms with E-state index in [0.717, 1.165) is 12.1 Å². The van der Waals surface area contributed by atoms with Gasteiger partial charge in [-0.05, 0) is 30.9 Å². The third kappa shape index (κ3) is 2.42. The molecule has 0 unspecified atom stereocenters. The maximum Gasteiger partial charge on any atom is 0.242 e. The molecule has 0 saturated heterocycles. The molecule has 1 N–H and O–H groups in total. The van der Waals surface area contributed by atoms with Crippen molar-refractivity contribution in [2.24, 2.45) is 5.41 Å². The molecule has 1 heterocycles. The van der Waals surface area contributed by atoms with Crippen LogP contribution in [-0.4, -0.2) is 38.6 Å². The second-order valence-electron chi connectivity index (χ2n) is 5.67. The zero-order chi connectivity index (χ0) is 14.9. The summed E-state index contributed by atoms with van der Waals surface area (Å²) in [5.74, 6) is -0.212. The Labute approximate surface area is 124 Å². The Hall–Kier alpha value is -1.88. The minimum atomic E-state index is -0.842. The largest absolute Gasteiger partial charge is 0.383 e. The number of ether oxygens (including phenoxy) is 1. The van der Waals surface area contributed by atoms with E-state index in [1.807, 2.05) is 24.3 Å². The quantitative estimate of drug-likeness (QED) is 0.652. The van der Waals surface area contributed by atoms with Crippen molar-refractivity contribution in [3.8, 4) is 0 Å². The van der Waals surface area contributed by atoms with Gasteiger partial charge in [0.05, 0.1) is 6.61 Å². The summed E-state index contributed by atoms with van der Waals surface area (Å²) in [5.41, 5.74) is 1.30. The van der Waals surface area contributed by atoms with E-state index in [0.29, 0.717) is 32.5 Å². The Balaban J connectivity index is 1.72. The summed E-state index contributed by atoms with van der Waals surface area (Å²) in [7, 11) is 1.59. The van der Waals surface area contributed by atoms with Crippen molar-refractivity contribution in [2.75, 3.05) is 31.7 Å². The average molecular weight is 288 g/mol. The average Bonchev–Trinajstić information content (AvgIpc) is 3.21. The summed E-state index contributed by atoms with van der Waals surface area (Å²) >= 11 is 0. The van der Waals surface area contributed by atoms with Crippen LogP contribution in [-0.2, 0) is 20.7 Å². The standard InChI is InChI=1S/C16H20N2O3/c1-21-11-9-17-14(19)16(7-8-16)15(20)18-10-6-12-4-2-3-5-13(12)18/h2-5H,6-11H2,1H3,(H,17,19). The van der Waals surface area contributed by atoms with Gasteiger partial charge in [-0.1, -0.05) is 18.2 Å². The molecule has 0 aromatic heterocycles. The Bertz CT molecular complexity index is 566. The highest BCUT2D eigenvalue weighted by atomic mass is 16.5. The summed E-state index contributed by atoms with van der Waals surface area (Å²) in [6, 6.07) is 7.92. The summed E-state index contributed by atoms with van der Waals surface area (Å²) in [6.45, 7) is 1.58. The van der Waals surface area contributed by atoms with Crippen LogP contribution in [0.5, 0.6) is 0 Å². The predicted molar refractivity (Wildman–Crippen MR) is 79.1 cm³/mol. The Kier molecular flexibility index (Phi) is 3.68. The van der Waals surface area contributed by atoms with E-state index < -0.39 is 5.41 Å². The fourth-order valence-corrected chi connectivity index (χ4v) is 2.91. The third-order valence-electron chi connectivity index (χ3n) is 4.32. The van der Waals surface area contributed by atoms with Gasteiger partial charge in [0.2, 0.25) is 11.8 Å². The SMILES string of the molecule is COCCNC(=O)C1(C(=O)N2CCc3ccccc32)CC1. The number of nitrogens with one attached hydrogen (secondary N) is 1. The third-order valence-corrected chi connectivity index (χ3v) is 4.32. The Morgan fingerprint density at radius 1 is 1.33 bits per heavy atom. The number of hydrogen-bond acceptors (Lipinski definition) is 3. The first-order valence-corrected chi connectivity index (χ1v) is 7.36. The van der Waals surface area contributed by atoms with Crippen LogP contribution in [0, 0.1) is 5.41 Å². The molecule has 2 amide bonds. The lowest BCUT2D eigenvalue weighted by Gasteiger charge is -2.23. The molecule has 0 radical (unpaired) electrons. The second-order valence-corrected chi connectivity index (χ2v) is 5.67. The predicted octanol–water partition coefficient (Wildman–Crippen LogP) is 1.12. The molecule has 1 saturated carbocycles. The molecule has 21 heavy (non-hydrogen) atoms. The van der Waals surface area contributed by atoms with Crippen molar-refractivity contribution in [2.45, 2.75) is 19.3 Å². The van der Waals surface area contributed by atoms with Crippen LogP contribution in [0.25, 0.3) is 0 Å². The van der Waals surface area contributed by atoms with Crippen LogP contribution in [0.2, 0.25) is 0 Å². The molecule has 1 aliphatic heterocycles. The number of hydrogen-bond donors (Lipinski definition) is 1. The fraction of sp³-hybridized carbons (Fsp3) is 0.500. The number of methoxy groups -OCH3 is 1. The van der Waals surface area contributed by atoms with E-state index in [1.54, 1.807) is 12.0 Å². The molecule has 2 aliphatic rings. The lowest BCUT2D eigenvalue weighted by atomic mass is 10.0. The molecule has 1 aromatic rings. The van der Waals surface area contributed by atoms with Crippen LogP contribution in [0.15, 0.2) is 24.3 Å². The van der Waals surface area contributed by atoms with Gasteiger partial charge in [-0.25, -0.2) is 0 Å². The van der Waals surface area contributed by atoms with Gasteiger partial charge >= 0.3 is 0 Å². The van der Waals surface area contributed by atoms with E-state index in [9.17, 15) is 9.59 Å². The molecule has 1 aromatic carbocycles. The number of carbonyl (C=O) groups is 2. The highest BCUT2D eigenvalue weighted by molar-refractivity contribution is 6.14. The van der Waals surface area contributed by atoms with Crippen LogP contribution in [0.1, 0.15) is 18.4 Å². The van der Waals surface area contributed by atoms with Gasteiger partial charge in [-0.3, -0.25) is 9.59 Å². The molecule has 1 fully saturated rings. The van der Waals surface area contributed by atoms with E-state index in [-0.39, 0.29) is 11.8 Å². The maximum absolute atomic E-state index is 12.8. The van der Waals surface area contributed by atoms with Crippen molar-refractivity contribution >= 4 is 17.5 Å². The first-order chi connectivity index (χ1) is 10.2. The van der Waals surface area contributed by atoms with Gasteiger partial charge in [-0.2, -0.15) is 0 Å². The van der Waals surface area contributed by atoms with Crippen LogP contribution in [0.3, 0.4) is 0 Å². The topological polar surface area (TPSA) is 58.6 Å². The van der Waals surface area contributed by atoms with Gasteiger partial charge in [-0.15, -0.1) is 0 Å². The highest BCUT2D eigenvalue weighted by Gasteiger charge is 2.58. The number of rotatable bonds is 5. The Morgan fingerprint density at radius 2 is 2.10 bits per heavy atom. The molecule has 0 spiro atoms. The molecule has 3 rings (SSSR count). The van der Waals surface area contributed by atoms with Crippen molar-refractivity contribution in [1.82, 2.24) is 5.32 Å². The van der Waals surface area contributed by atoms with Crippen molar-refractivity contribution in [3.63, 3.8) is 0 Å². The molecule has 1 aliphatic carbocycles. The number of anilines is 1. The number of nitrogens with zero attached hydrogens (tertiary/aromatic N) is 1. The second kappa shape index (κ2) is 5.48. The van der Waals surface area contributed by atoms with Gasteiger partial charge < -0.3 is 15.0 Å². The molecule has 112 valence electrons. The smallest absolute Gasteiger partial charge is 0.242 e. The van der Waals surface area contributed by atoms with E-state index in [4.69, 9.17) is 4.74 Å². The van der Waals surface area contributed by atoms with Crippen molar-refractivity contribution < 1.29 is 14.3 Å². The normalized spacial score (nSPS) is 18.2. The highest BCUT2D eigenvalue weighted by Crippen LogP contribution is 2.49. The summed E-state index contributed by atoms with van der Waals surface area (Å²) in [6.07, 6.45) is 2.15. The van der Waals surface area contributed by atoms with Crippen molar-refractivity contribution in [1.29, 1.82) is 0 Å². The number of fused-ring (bicyclic) bond motifs is 1. The maximum atomic E-state index is 12.8. The van der Waals surface area contributed by atoms with Gasteiger partial charge in [0.15, 0.2) is 0 Å². The monoisotopic (exact) mass is 288 g/mol. The molecule has 5 nitrogen and oxygen atoms in total. The zero-order valence-corrected chi connectivity index (χ0v) is 12.2. The molecule has 0 atom stereocenters. The van der Waals surface area contributed by atoms with Gasteiger partial charge in [0, 0.05) is 25.9 Å². The number of carbonyl (C=O) groups excluding carboxylic acids is 2. The number of benzene rings is 1. The zero-order valence-electron chi connectivity index (χ0n) is 12.2. The lowest BCUT2D eigenvalue weighted by Crippen LogP contribution is -2.45. The molecular weight excluding hydrogens is 268 g/mol. The summed E-state index contributed by atoms with van der Waals surface area (Å²) < 4.78 is 4.92. The number of amides is 2. The molecule has 0 bridgehead atoms. The Morgan fingerprint density at radius 3 is 2.81 bits per heavy atom. The summed E-state index contributed by atoms with van der Waals surface area (Å²) in [5, 5.41) is 2.80. The van der Waals surface area contributed by atoms with E-state index in [1.165, 1.54) is 5.56 Å². The van der Waals surface area contributed by atoms with Crippen LogP contribution < -0.4 is 10.2 Å². The first kappa shape index (κ1) is 14.1. The van der Waals surface area contributed by atoms with Crippen LogP contribution >= 0.6 is 0 Å². The van der Waals surface area contributed by atoms with Gasteiger partial charge in [0.1, 0.15) is 5.41 Å². The minimum Gasteiger partial charge on any atom is -0.383 e.